The Hall–Kier alpha value is -1.38. The van der Waals surface area contributed by atoms with Crippen molar-refractivity contribution < 1.29 is 13.5 Å². The van der Waals surface area contributed by atoms with Crippen LogP contribution in [0.3, 0.4) is 0 Å². The summed E-state index contributed by atoms with van der Waals surface area (Å²) in [6.07, 6.45) is 25.9. The number of ether oxygens (including phenoxy) is 1. The van der Waals surface area contributed by atoms with Crippen LogP contribution in [0.2, 0.25) is 0 Å². The predicted molar refractivity (Wildman–Crippen MR) is 146 cm³/mol. The SMILES string of the molecule is C/C=C/CCC1CCC(CCC2CCC(C3CCC(c4ccc(OCC)c(F)c4F)CC3)CC2)CC1. The van der Waals surface area contributed by atoms with Crippen LogP contribution in [0.25, 0.3) is 0 Å². The third kappa shape index (κ3) is 7.35. The molecule has 0 bridgehead atoms. The number of hydrogen-bond acceptors (Lipinski definition) is 1. The molecule has 1 aromatic carbocycles. The number of hydrogen-bond donors (Lipinski definition) is 0. The summed E-state index contributed by atoms with van der Waals surface area (Å²) in [4.78, 5) is 0. The molecule has 3 heteroatoms. The van der Waals surface area contributed by atoms with Crippen molar-refractivity contribution in [3.63, 3.8) is 0 Å². The van der Waals surface area contributed by atoms with Crippen molar-refractivity contribution in [1.82, 2.24) is 0 Å². The molecule has 1 aromatic rings. The first-order valence-corrected chi connectivity index (χ1v) is 15.3. The minimum Gasteiger partial charge on any atom is -0.491 e. The Labute approximate surface area is 219 Å². The first-order valence-electron chi connectivity index (χ1n) is 15.3. The van der Waals surface area contributed by atoms with Crippen LogP contribution in [0.5, 0.6) is 5.75 Å². The normalized spacial score (nSPS) is 31.6. The lowest BCUT2D eigenvalue weighted by molar-refractivity contribution is 0.149. The summed E-state index contributed by atoms with van der Waals surface area (Å²) in [5.41, 5.74) is 0.560. The Balaban J connectivity index is 1.14. The van der Waals surface area contributed by atoms with Gasteiger partial charge in [0.2, 0.25) is 5.82 Å². The lowest BCUT2D eigenvalue weighted by atomic mass is 9.67. The highest BCUT2D eigenvalue weighted by Gasteiger charge is 2.33. The fourth-order valence-corrected chi connectivity index (χ4v) is 7.76. The fraction of sp³-hybridized carbons (Fsp3) is 0.758. The van der Waals surface area contributed by atoms with Gasteiger partial charge < -0.3 is 4.74 Å². The molecule has 3 fully saturated rings. The van der Waals surface area contributed by atoms with Crippen molar-refractivity contribution in [2.75, 3.05) is 6.61 Å². The van der Waals surface area contributed by atoms with Gasteiger partial charge in [0.25, 0.3) is 0 Å². The third-order valence-corrected chi connectivity index (χ3v) is 10.1. The molecule has 0 aliphatic heterocycles. The van der Waals surface area contributed by atoms with Gasteiger partial charge in [-0.3, -0.25) is 0 Å². The highest BCUT2D eigenvalue weighted by molar-refractivity contribution is 5.33. The molecule has 0 spiro atoms. The van der Waals surface area contributed by atoms with Gasteiger partial charge in [-0.05, 0) is 112 Å². The minimum atomic E-state index is -0.813. The predicted octanol–water partition coefficient (Wildman–Crippen LogP) is 10.4. The van der Waals surface area contributed by atoms with Gasteiger partial charge in [0.1, 0.15) is 0 Å². The van der Waals surface area contributed by atoms with Crippen molar-refractivity contribution in [1.29, 1.82) is 0 Å². The summed E-state index contributed by atoms with van der Waals surface area (Å²) in [5.74, 6) is 3.26. The maximum Gasteiger partial charge on any atom is 0.200 e. The highest BCUT2D eigenvalue weighted by Crippen LogP contribution is 2.46. The molecule has 3 aliphatic carbocycles. The number of benzene rings is 1. The van der Waals surface area contributed by atoms with Crippen molar-refractivity contribution in [2.24, 2.45) is 29.6 Å². The molecular formula is C33H50F2O. The van der Waals surface area contributed by atoms with Gasteiger partial charge >= 0.3 is 0 Å². The smallest absolute Gasteiger partial charge is 0.200 e. The highest BCUT2D eigenvalue weighted by atomic mass is 19.2. The van der Waals surface area contributed by atoms with E-state index in [1.54, 1.807) is 19.1 Å². The van der Waals surface area contributed by atoms with Crippen LogP contribution in [-0.2, 0) is 0 Å². The van der Waals surface area contributed by atoms with E-state index in [0.717, 1.165) is 42.4 Å². The first-order chi connectivity index (χ1) is 17.6. The molecule has 0 radical (unpaired) electrons. The van der Waals surface area contributed by atoms with Gasteiger partial charge in [-0.2, -0.15) is 4.39 Å². The van der Waals surface area contributed by atoms with E-state index >= 15 is 0 Å². The molecule has 0 saturated heterocycles. The van der Waals surface area contributed by atoms with Crippen molar-refractivity contribution in [3.05, 3.63) is 41.5 Å². The molecule has 3 saturated carbocycles. The zero-order valence-corrected chi connectivity index (χ0v) is 23.0. The van der Waals surface area contributed by atoms with E-state index in [2.05, 4.69) is 19.1 Å². The Bertz CT molecular complexity index is 809. The average molecular weight is 501 g/mol. The number of halogens is 2. The van der Waals surface area contributed by atoms with E-state index in [1.165, 1.54) is 89.9 Å². The van der Waals surface area contributed by atoms with E-state index in [9.17, 15) is 8.78 Å². The summed E-state index contributed by atoms with van der Waals surface area (Å²) < 4.78 is 34.3. The van der Waals surface area contributed by atoms with Crippen LogP contribution in [-0.4, -0.2) is 6.61 Å². The number of rotatable bonds is 10. The summed E-state index contributed by atoms with van der Waals surface area (Å²) in [5, 5.41) is 0. The monoisotopic (exact) mass is 500 g/mol. The molecule has 0 atom stereocenters. The zero-order valence-electron chi connectivity index (χ0n) is 23.0. The van der Waals surface area contributed by atoms with E-state index in [-0.39, 0.29) is 11.7 Å². The summed E-state index contributed by atoms with van der Waals surface area (Å²) in [7, 11) is 0. The Morgan fingerprint density at radius 3 is 1.81 bits per heavy atom. The third-order valence-electron chi connectivity index (χ3n) is 10.1. The molecule has 0 amide bonds. The van der Waals surface area contributed by atoms with Crippen LogP contribution in [0.1, 0.15) is 128 Å². The molecule has 0 N–H and O–H groups in total. The Kier molecular flexibility index (Phi) is 10.7. The van der Waals surface area contributed by atoms with Gasteiger partial charge in [-0.15, -0.1) is 0 Å². The molecule has 0 heterocycles. The average Bonchev–Trinajstić information content (AvgIpc) is 2.92. The van der Waals surface area contributed by atoms with E-state index in [0.29, 0.717) is 12.2 Å². The van der Waals surface area contributed by atoms with Crippen LogP contribution in [0.4, 0.5) is 8.78 Å². The van der Waals surface area contributed by atoms with Crippen LogP contribution in [0, 0.1) is 41.2 Å². The largest absolute Gasteiger partial charge is 0.491 e. The van der Waals surface area contributed by atoms with Gasteiger partial charge in [0.05, 0.1) is 6.61 Å². The molecule has 3 aliphatic rings. The molecular weight excluding hydrogens is 450 g/mol. The van der Waals surface area contributed by atoms with Crippen LogP contribution < -0.4 is 4.74 Å². The fourth-order valence-electron chi connectivity index (χ4n) is 7.76. The van der Waals surface area contributed by atoms with E-state index in [4.69, 9.17) is 4.74 Å². The van der Waals surface area contributed by atoms with E-state index in [1.807, 2.05) is 0 Å². The van der Waals surface area contributed by atoms with Gasteiger partial charge in [-0.25, -0.2) is 4.39 Å². The van der Waals surface area contributed by atoms with Crippen LogP contribution in [0.15, 0.2) is 24.3 Å². The standard InChI is InChI=1S/C33H50F2O/c1-3-5-6-7-24-8-10-25(11-9-24)12-13-26-14-16-27(17-15-26)28-18-20-29(21-19-28)30-22-23-31(36-4-2)33(35)32(30)34/h3,5,22-29H,4,6-21H2,1-2H3/b5-3+. The summed E-state index contributed by atoms with van der Waals surface area (Å²) in [6.45, 7) is 4.27. The zero-order chi connectivity index (χ0) is 25.3. The minimum absolute atomic E-state index is 0.0388. The summed E-state index contributed by atoms with van der Waals surface area (Å²) >= 11 is 0. The molecule has 36 heavy (non-hydrogen) atoms. The molecule has 0 unspecified atom stereocenters. The van der Waals surface area contributed by atoms with Crippen LogP contribution >= 0.6 is 0 Å². The van der Waals surface area contributed by atoms with Crippen molar-refractivity contribution >= 4 is 0 Å². The number of allylic oxidation sites excluding steroid dienone is 2. The Morgan fingerprint density at radius 1 is 0.722 bits per heavy atom. The molecule has 1 nitrogen and oxygen atoms in total. The topological polar surface area (TPSA) is 9.23 Å². The van der Waals surface area contributed by atoms with Gasteiger partial charge in [0, 0.05) is 0 Å². The maximum atomic E-state index is 14.7. The van der Waals surface area contributed by atoms with Crippen molar-refractivity contribution in [2.45, 2.75) is 122 Å². The quantitative estimate of drug-likeness (QED) is 0.290. The first kappa shape index (κ1) is 27.6. The molecule has 4 rings (SSSR count). The lowest BCUT2D eigenvalue weighted by Crippen LogP contribution is -2.26. The lowest BCUT2D eigenvalue weighted by Gasteiger charge is -2.38. The van der Waals surface area contributed by atoms with Gasteiger partial charge in [0.15, 0.2) is 11.6 Å². The second-order valence-corrected chi connectivity index (χ2v) is 12.2. The second-order valence-electron chi connectivity index (χ2n) is 12.2. The molecule has 0 aromatic heterocycles. The Morgan fingerprint density at radius 2 is 1.25 bits per heavy atom. The second kappa shape index (κ2) is 14.0. The summed E-state index contributed by atoms with van der Waals surface area (Å²) in [6, 6.07) is 3.37. The van der Waals surface area contributed by atoms with Crippen molar-refractivity contribution in [3.8, 4) is 5.75 Å². The van der Waals surface area contributed by atoms with Gasteiger partial charge in [-0.1, -0.05) is 69.6 Å². The van der Waals surface area contributed by atoms with E-state index < -0.39 is 11.6 Å². The maximum absolute atomic E-state index is 14.7. The molecule has 202 valence electrons.